The quantitative estimate of drug-likeness (QED) is 0.874. The third-order valence-electron chi connectivity index (χ3n) is 3.13. The highest BCUT2D eigenvalue weighted by atomic mass is 35.5. The molecule has 0 saturated heterocycles. The number of rotatable bonds is 6. The van der Waals surface area contributed by atoms with E-state index in [1.807, 2.05) is 6.92 Å². The van der Waals surface area contributed by atoms with Gasteiger partial charge in [0.1, 0.15) is 17.2 Å². The SMILES string of the molecule is COc1cc(NC(=O)COc2ccc(Cl)cc2C)cc(OC)c1. The van der Waals surface area contributed by atoms with Crippen molar-refractivity contribution in [1.82, 2.24) is 0 Å². The van der Waals surface area contributed by atoms with Gasteiger partial charge in [0, 0.05) is 28.9 Å². The van der Waals surface area contributed by atoms with Crippen molar-refractivity contribution in [2.24, 2.45) is 0 Å². The summed E-state index contributed by atoms with van der Waals surface area (Å²) in [6, 6.07) is 10.4. The summed E-state index contributed by atoms with van der Waals surface area (Å²) in [6.45, 7) is 1.76. The fourth-order valence-electron chi connectivity index (χ4n) is 1.99. The number of hydrogen-bond acceptors (Lipinski definition) is 4. The Morgan fingerprint density at radius 2 is 1.74 bits per heavy atom. The molecule has 0 radical (unpaired) electrons. The second-order valence-corrected chi connectivity index (χ2v) is 5.28. The molecule has 0 spiro atoms. The Kier molecular flexibility index (Phi) is 5.71. The lowest BCUT2D eigenvalue weighted by molar-refractivity contribution is -0.118. The average molecular weight is 336 g/mol. The number of aryl methyl sites for hydroxylation is 1. The fourth-order valence-corrected chi connectivity index (χ4v) is 2.22. The van der Waals surface area contributed by atoms with Crippen molar-refractivity contribution in [3.8, 4) is 17.2 Å². The number of carbonyl (C=O) groups excluding carboxylic acids is 1. The highest BCUT2D eigenvalue weighted by Gasteiger charge is 2.08. The summed E-state index contributed by atoms with van der Waals surface area (Å²) in [5.74, 6) is 1.52. The van der Waals surface area contributed by atoms with E-state index in [-0.39, 0.29) is 12.5 Å². The minimum absolute atomic E-state index is 0.109. The maximum absolute atomic E-state index is 12.0. The zero-order valence-electron chi connectivity index (χ0n) is 13.2. The second kappa shape index (κ2) is 7.74. The number of halogens is 1. The molecule has 23 heavy (non-hydrogen) atoms. The van der Waals surface area contributed by atoms with Crippen LogP contribution in [0.25, 0.3) is 0 Å². The van der Waals surface area contributed by atoms with Gasteiger partial charge in [-0.25, -0.2) is 0 Å². The predicted octanol–water partition coefficient (Wildman–Crippen LogP) is 3.68. The highest BCUT2D eigenvalue weighted by molar-refractivity contribution is 6.30. The van der Waals surface area contributed by atoms with Gasteiger partial charge in [0.15, 0.2) is 6.61 Å². The first-order valence-electron chi connectivity index (χ1n) is 6.93. The first kappa shape index (κ1) is 17.0. The van der Waals surface area contributed by atoms with Crippen LogP contribution in [-0.2, 0) is 4.79 Å². The third kappa shape index (κ3) is 4.79. The zero-order valence-corrected chi connectivity index (χ0v) is 13.9. The van der Waals surface area contributed by atoms with E-state index in [1.54, 1.807) is 50.6 Å². The molecule has 1 amide bonds. The molecule has 0 heterocycles. The van der Waals surface area contributed by atoms with Gasteiger partial charge in [0.25, 0.3) is 5.91 Å². The van der Waals surface area contributed by atoms with Crippen LogP contribution in [0.2, 0.25) is 5.02 Å². The van der Waals surface area contributed by atoms with Crippen LogP contribution in [0.1, 0.15) is 5.56 Å². The van der Waals surface area contributed by atoms with Crippen LogP contribution < -0.4 is 19.5 Å². The fraction of sp³-hybridized carbons (Fsp3) is 0.235. The average Bonchev–Trinajstić information content (AvgIpc) is 2.53. The number of benzene rings is 2. The van der Waals surface area contributed by atoms with Crippen molar-refractivity contribution in [2.75, 3.05) is 26.1 Å². The van der Waals surface area contributed by atoms with Gasteiger partial charge in [-0.1, -0.05) is 11.6 Å². The van der Waals surface area contributed by atoms with Crippen LogP contribution in [0.3, 0.4) is 0 Å². The maximum atomic E-state index is 12.0. The standard InChI is InChI=1S/C17H18ClNO4/c1-11-6-12(18)4-5-16(11)23-10-17(20)19-13-7-14(21-2)9-15(8-13)22-3/h4-9H,10H2,1-3H3,(H,19,20). The van der Waals surface area contributed by atoms with E-state index in [1.165, 1.54) is 0 Å². The summed E-state index contributed by atoms with van der Waals surface area (Å²) in [5, 5.41) is 3.37. The molecule has 2 aromatic carbocycles. The van der Waals surface area contributed by atoms with Gasteiger partial charge in [-0.2, -0.15) is 0 Å². The second-order valence-electron chi connectivity index (χ2n) is 4.85. The lowest BCUT2D eigenvalue weighted by Crippen LogP contribution is -2.20. The van der Waals surface area contributed by atoms with Gasteiger partial charge in [0.2, 0.25) is 0 Å². The number of amides is 1. The molecule has 1 N–H and O–H groups in total. The number of ether oxygens (including phenoxy) is 3. The Balaban J connectivity index is 1.99. The van der Waals surface area contributed by atoms with Crippen molar-refractivity contribution in [1.29, 1.82) is 0 Å². The van der Waals surface area contributed by atoms with E-state index < -0.39 is 0 Å². The van der Waals surface area contributed by atoms with Gasteiger partial charge in [0.05, 0.1) is 14.2 Å². The number of methoxy groups -OCH3 is 2. The summed E-state index contributed by atoms with van der Waals surface area (Å²) >= 11 is 5.89. The van der Waals surface area contributed by atoms with Crippen LogP contribution in [0.4, 0.5) is 5.69 Å². The molecule has 0 aliphatic carbocycles. The van der Waals surface area contributed by atoms with Gasteiger partial charge >= 0.3 is 0 Å². The van der Waals surface area contributed by atoms with Crippen LogP contribution >= 0.6 is 11.6 Å². The number of nitrogens with one attached hydrogen (secondary N) is 1. The molecular weight excluding hydrogens is 318 g/mol. The van der Waals surface area contributed by atoms with Crippen LogP contribution in [0.5, 0.6) is 17.2 Å². The van der Waals surface area contributed by atoms with E-state index in [0.717, 1.165) is 5.56 Å². The molecule has 0 saturated carbocycles. The monoisotopic (exact) mass is 335 g/mol. The van der Waals surface area contributed by atoms with Gasteiger partial charge in [-0.05, 0) is 30.7 Å². The van der Waals surface area contributed by atoms with E-state index in [0.29, 0.717) is 28.0 Å². The molecule has 122 valence electrons. The molecular formula is C17H18ClNO4. The third-order valence-corrected chi connectivity index (χ3v) is 3.37. The van der Waals surface area contributed by atoms with Crippen molar-refractivity contribution in [3.63, 3.8) is 0 Å². The van der Waals surface area contributed by atoms with Crippen LogP contribution in [0.15, 0.2) is 36.4 Å². The summed E-state index contributed by atoms with van der Waals surface area (Å²) < 4.78 is 15.8. The molecule has 0 aliphatic rings. The zero-order chi connectivity index (χ0) is 16.8. The highest BCUT2D eigenvalue weighted by Crippen LogP contribution is 2.26. The molecule has 0 unspecified atom stereocenters. The summed E-state index contributed by atoms with van der Waals surface area (Å²) in [4.78, 5) is 12.0. The van der Waals surface area contributed by atoms with Crippen LogP contribution in [0, 0.1) is 6.92 Å². The smallest absolute Gasteiger partial charge is 0.262 e. The summed E-state index contributed by atoms with van der Waals surface area (Å²) in [5.41, 5.74) is 1.44. The van der Waals surface area contributed by atoms with Crippen molar-refractivity contribution in [2.45, 2.75) is 6.92 Å². The van der Waals surface area contributed by atoms with E-state index in [2.05, 4.69) is 5.32 Å². The normalized spacial score (nSPS) is 10.1. The molecule has 2 rings (SSSR count). The number of carbonyl (C=O) groups is 1. The lowest BCUT2D eigenvalue weighted by Gasteiger charge is -2.11. The minimum Gasteiger partial charge on any atom is -0.497 e. The topological polar surface area (TPSA) is 56.8 Å². The largest absolute Gasteiger partial charge is 0.497 e. The number of hydrogen-bond donors (Lipinski definition) is 1. The Morgan fingerprint density at radius 1 is 1.09 bits per heavy atom. The molecule has 0 fully saturated rings. The Labute approximate surface area is 140 Å². The van der Waals surface area contributed by atoms with E-state index in [4.69, 9.17) is 25.8 Å². The number of anilines is 1. The Morgan fingerprint density at radius 3 is 2.30 bits per heavy atom. The predicted molar refractivity (Wildman–Crippen MR) is 89.9 cm³/mol. The van der Waals surface area contributed by atoms with Crippen molar-refractivity contribution < 1.29 is 19.0 Å². The van der Waals surface area contributed by atoms with Gasteiger partial charge in [-0.15, -0.1) is 0 Å². The van der Waals surface area contributed by atoms with Crippen LogP contribution in [-0.4, -0.2) is 26.7 Å². The molecule has 2 aromatic rings. The molecule has 0 aliphatic heterocycles. The first-order chi connectivity index (χ1) is 11.0. The maximum Gasteiger partial charge on any atom is 0.262 e. The lowest BCUT2D eigenvalue weighted by atomic mass is 10.2. The molecule has 0 atom stereocenters. The molecule has 0 bridgehead atoms. The minimum atomic E-state index is -0.283. The summed E-state index contributed by atoms with van der Waals surface area (Å²) in [6.07, 6.45) is 0. The van der Waals surface area contributed by atoms with Crippen molar-refractivity contribution in [3.05, 3.63) is 47.0 Å². The molecule has 6 heteroatoms. The van der Waals surface area contributed by atoms with Gasteiger partial charge < -0.3 is 19.5 Å². The Hall–Kier alpha value is -2.40. The molecule has 5 nitrogen and oxygen atoms in total. The Bertz CT molecular complexity index is 681. The van der Waals surface area contributed by atoms with E-state index in [9.17, 15) is 4.79 Å². The summed E-state index contributed by atoms with van der Waals surface area (Å²) in [7, 11) is 3.10. The molecule has 0 aromatic heterocycles. The van der Waals surface area contributed by atoms with Gasteiger partial charge in [-0.3, -0.25) is 4.79 Å². The first-order valence-corrected chi connectivity index (χ1v) is 7.31. The van der Waals surface area contributed by atoms with E-state index >= 15 is 0 Å². The van der Waals surface area contributed by atoms with Crippen molar-refractivity contribution >= 4 is 23.2 Å².